The van der Waals surface area contributed by atoms with E-state index >= 15 is 0 Å². The molecule has 0 amide bonds. The highest BCUT2D eigenvalue weighted by atomic mass is 16.5. The molecule has 0 N–H and O–H groups in total. The van der Waals surface area contributed by atoms with Gasteiger partial charge in [-0.05, 0) is 38.6 Å². The maximum absolute atomic E-state index is 5.45. The van der Waals surface area contributed by atoms with Gasteiger partial charge in [-0.3, -0.25) is 4.40 Å². The molecule has 1 aliphatic heterocycles. The number of pyridine rings is 1. The first-order valence-corrected chi connectivity index (χ1v) is 6.99. The molecule has 19 heavy (non-hydrogen) atoms. The van der Waals surface area contributed by atoms with Gasteiger partial charge in [-0.25, -0.2) is 4.98 Å². The van der Waals surface area contributed by atoms with E-state index in [2.05, 4.69) is 27.4 Å². The lowest BCUT2D eigenvalue weighted by Crippen LogP contribution is -2.38. The SMILES string of the molecule is COc1cccc2cnc(CC3CCCCN3C)n12. The molecule has 2 aromatic heterocycles. The van der Waals surface area contributed by atoms with Crippen LogP contribution in [0.5, 0.6) is 5.88 Å². The lowest BCUT2D eigenvalue weighted by molar-refractivity contribution is 0.182. The normalized spacial score (nSPS) is 20.8. The Kier molecular flexibility index (Phi) is 3.42. The third kappa shape index (κ3) is 2.32. The Morgan fingerprint density at radius 3 is 3.05 bits per heavy atom. The summed E-state index contributed by atoms with van der Waals surface area (Å²) in [5, 5.41) is 0. The monoisotopic (exact) mass is 259 g/mol. The smallest absolute Gasteiger partial charge is 0.199 e. The average molecular weight is 259 g/mol. The number of nitrogens with zero attached hydrogens (tertiary/aromatic N) is 3. The maximum Gasteiger partial charge on any atom is 0.199 e. The number of hydrogen-bond acceptors (Lipinski definition) is 3. The van der Waals surface area contributed by atoms with Crippen LogP contribution in [0.3, 0.4) is 0 Å². The summed E-state index contributed by atoms with van der Waals surface area (Å²) in [5.41, 5.74) is 1.10. The lowest BCUT2D eigenvalue weighted by Gasteiger charge is -2.32. The van der Waals surface area contributed by atoms with Crippen molar-refractivity contribution in [3.63, 3.8) is 0 Å². The van der Waals surface area contributed by atoms with Crippen LogP contribution in [0.25, 0.3) is 5.52 Å². The highest BCUT2D eigenvalue weighted by Gasteiger charge is 2.21. The second kappa shape index (κ2) is 5.21. The van der Waals surface area contributed by atoms with Crippen molar-refractivity contribution in [3.8, 4) is 5.88 Å². The van der Waals surface area contributed by atoms with E-state index in [-0.39, 0.29) is 0 Å². The van der Waals surface area contributed by atoms with E-state index in [1.165, 1.54) is 25.8 Å². The average Bonchev–Trinajstić information content (AvgIpc) is 2.85. The Labute approximate surface area is 114 Å². The first-order chi connectivity index (χ1) is 9.29. The standard InChI is InChI=1S/C15H21N3O/c1-17-9-4-3-6-12(17)10-14-16-11-13-7-5-8-15(19-2)18(13)14/h5,7-8,11-12H,3-4,6,9-10H2,1-2H3. The Balaban J connectivity index is 1.92. The zero-order valence-electron chi connectivity index (χ0n) is 11.7. The van der Waals surface area contributed by atoms with E-state index < -0.39 is 0 Å². The van der Waals surface area contributed by atoms with Crippen LogP contribution in [0.2, 0.25) is 0 Å². The molecule has 102 valence electrons. The summed E-state index contributed by atoms with van der Waals surface area (Å²) in [6.07, 6.45) is 6.83. The number of methoxy groups -OCH3 is 1. The summed E-state index contributed by atoms with van der Waals surface area (Å²) in [5.74, 6) is 1.97. The minimum Gasteiger partial charge on any atom is -0.482 e. The highest BCUT2D eigenvalue weighted by Crippen LogP contribution is 2.22. The molecule has 1 aliphatic rings. The molecule has 4 nitrogen and oxygen atoms in total. The van der Waals surface area contributed by atoms with Crippen molar-refractivity contribution in [2.24, 2.45) is 0 Å². The topological polar surface area (TPSA) is 29.8 Å². The van der Waals surface area contributed by atoms with Gasteiger partial charge in [0.05, 0.1) is 18.8 Å². The molecule has 2 aromatic rings. The Bertz CT molecular complexity index is 564. The van der Waals surface area contributed by atoms with Crippen LogP contribution in [0.1, 0.15) is 25.1 Å². The molecule has 1 unspecified atom stereocenters. The summed E-state index contributed by atoms with van der Waals surface area (Å²) in [4.78, 5) is 7.05. The van der Waals surface area contributed by atoms with Crippen molar-refractivity contribution in [1.29, 1.82) is 0 Å². The van der Waals surface area contributed by atoms with E-state index in [0.717, 1.165) is 23.6 Å². The van der Waals surface area contributed by atoms with E-state index in [4.69, 9.17) is 4.74 Å². The van der Waals surface area contributed by atoms with Crippen molar-refractivity contribution in [1.82, 2.24) is 14.3 Å². The van der Waals surface area contributed by atoms with Crippen LogP contribution in [0, 0.1) is 0 Å². The van der Waals surface area contributed by atoms with Crippen LogP contribution in [-0.4, -0.2) is 41.0 Å². The van der Waals surface area contributed by atoms with E-state index in [1.54, 1.807) is 7.11 Å². The molecular formula is C15H21N3O. The largest absolute Gasteiger partial charge is 0.482 e. The molecule has 0 aromatic carbocycles. The number of ether oxygens (including phenoxy) is 1. The van der Waals surface area contributed by atoms with Crippen molar-refractivity contribution < 1.29 is 4.74 Å². The Morgan fingerprint density at radius 1 is 1.37 bits per heavy atom. The zero-order valence-corrected chi connectivity index (χ0v) is 11.7. The van der Waals surface area contributed by atoms with Crippen molar-refractivity contribution in [2.45, 2.75) is 31.7 Å². The molecule has 3 rings (SSSR count). The zero-order chi connectivity index (χ0) is 13.2. The van der Waals surface area contributed by atoms with Gasteiger partial charge < -0.3 is 9.64 Å². The predicted molar refractivity (Wildman–Crippen MR) is 75.7 cm³/mol. The number of likely N-dealkylation sites (tertiary alicyclic amines) is 1. The molecule has 1 fully saturated rings. The van der Waals surface area contributed by atoms with Gasteiger partial charge in [-0.2, -0.15) is 0 Å². The first kappa shape index (κ1) is 12.5. The third-order valence-corrected chi connectivity index (χ3v) is 4.14. The second-order valence-electron chi connectivity index (χ2n) is 5.34. The lowest BCUT2D eigenvalue weighted by atomic mass is 10.00. The van der Waals surface area contributed by atoms with Gasteiger partial charge in [0, 0.05) is 12.5 Å². The summed E-state index contributed by atoms with van der Waals surface area (Å²) in [6, 6.07) is 6.67. The van der Waals surface area contributed by atoms with Crippen LogP contribution >= 0.6 is 0 Å². The number of hydrogen-bond donors (Lipinski definition) is 0. The van der Waals surface area contributed by atoms with Gasteiger partial charge >= 0.3 is 0 Å². The molecule has 3 heterocycles. The number of piperidine rings is 1. The minimum absolute atomic E-state index is 0.601. The van der Waals surface area contributed by atoms with Crippen molar-refractivity contribution >= 4 is 5.52 Å². The van der Waals surface area contributed by atoms with Gasteiger partial charge in [-0.15, -0.1) is 0 Å². The molecule has 4 heteroatoms. The molecular weight excluding hydrogens is 238 g/mol. The fourth-order valence-corrected chi connectivity index (χ4v) is 3.00. The maximum atomic E-state index is 5.45. The van der Waals surface area contributed by atoms with E-state index in [9.17, 15) is 0 Å². The van der Waals surface area contributed by atoms with Crippen LogP contribution in [0.15, 0.2) is 24.4 Å². The summed E-state index contributed by atoms with van der Waals surface area (Å²) < 4.78 is 7.58. The molecule has 0 radical (unpaired) electrons. The van der Waals surface area contributed by atoms with Crippen LogP contribution in [-0.2, 0) is 6.42 Å². The van der Waals surface area contributed by atoms with Gasteiger partial charge in [-0.1, -0.05) is 12.5 Å². The minimum atomic E-state index is 0.601. The number of rotatable bonds is 3. The fraction of sp³-hybridized carbons (Fsp3) is 0.533. The number of aromatic nitrogens is 2. The number of likely N-dealkylation sites (N-methyl/N-ethyl adjacent to an activating group) is 1. The summed E-state index contributed by atoms with van der Waals surface area (Å²) in [6.45, 7) is 1.20. The fourth-order valence-electron chi connectivity index (χ4n) is 3.00. The first-order valence-electron chi connectivity index (χ1n) is 6.99. The molecule has 1 saturated heterocycles. The van der Waals surface area contributed by atoms with Crippen LogP contribution in [0.4, 0.5) is 0 Å². The van der Waals surface area contributed by atoms with Crippen molar-refractivity contribution in [3.05, 3.63) is 30.2 Å². The van der Waals surface area contributed by atoms with Gasteiger partial charge in [0.15, 0.2) is 5.88 Å². The van der Waals surface area contributed by atoms with Crippen LogP contribution < -0.4 is 4.74 Å². The third-order valence-electron chi connectivity index (χ3n) is 4.14. The molecule has 0 aliphatic carbocycles. The van der Waals surface area contributed by atoms with Gasteiger partial charge in [0.2, 0.25) is 0 Å². The molecule has 0 saturated carbocycles. The molecule has 0 spiro atoms. The quantitative estimate of drug-likeness (QED) is 0.847. The highest BCUT2D eigenvalue weighted by molar-refractivity contribution is 5.49. The number of fused-ring (bicyclic) bond motifs is 1. The molecule has 0 bridgehead atoms. The predicted octanol–water partition coefficient (Wildman–Crippen LogP) is 2.37. The number of imidazole rings is 1. The Morgan fingerprint density at radius 2 is 2.26 bits per heavy atom. The van der Waals surface area contributed by atoms with Gasteiger partial charge in [0.1, 0.15) is 5.82 Å². The second-order valence-corrected chi connectivity index (χ2v) is 5.34. The summed E-state index contributed by atoms with van der Waals surface area (Å²) >= 11 is 0. The summed E-state index contributed by atoms with van der Waals surface area (Å²) in [7, 11) is 3.93. The van der Waals surface area contributed by atoms with E-state index in [1.807, 2.05) is 18.3 Å². The van der Waals surface area contributed by atoms with E-state index in [0.29, 0.717) is 6.04 Å². The Hall–Kier alpha value is -1.55. The molecule has 1 atom stereocenters. The van der Waals surface area contributed by atoms with Crippen molar-refractivity contribution in [2.75, 3.05) is 20.7 Å². The van der Waals surface area contributed by atoms with Gasteiger partial charge in [0.25, 0.3) is 0 Å².